The highest BCUT2D eigenvalue weighted by Crippen LogP contribution is 2.32. The van der Waals surface area contributed by atoms with Crippen molar-refractivity contribution in [2.45, 2.75) is 106 Å². The van der Waals surface area contributed by atoms with Gasteiger partial charge in [0.2, 0.25) is 5.91 Å². The molecule has 3 fully saturated rings. The van der Waals surface area contributed by atoms with Crippen molar-refractivity contribution >= 4 is 16.3 Å². The summed E-state index contributed by atoms with van der Waals surface area (Å²) in [5, 5.41) is 84.8. The van der Waals surface area contributed by atoms with E-state index in [1.807, 2.05) is 0 Å². The van der Waals surface area contributed by atoms with E-state index in [9.17, 15) is 54.1 Å². The number of amides is 1. The first-order chi connectivity index (χ1) is 18.5. The van der Waals surface area contributed by atoms with E-state index >= 15 is 0 Å². The molecule has 0 spiro atoms. The summed E-state index contributed by atoms with van der Waals surface area (Å²) in [7, 11) is -5.00. The maximum Gasteiger partial charge on any atom is 0.397 e. The molecule has 0 aromatic heterocycles. The summed E-state index contributed by atoms with van der Waals surface area (Å²) in [6, 6.07) is -1.57. The Morgan fingerprint density at radius 1 is 0.800 bits per heavy atom. The van der Waals surface area contributed by atoms with Crippen LogP contribution in [-0.2, 0) is 43.1 Å². The van der Waals surface area contributed by atoms with Gasteiger partial charge < -0.3 is 69.9 Å². The molecule has 0 radical (unpaired) electrons. The molecule has 19 nitrogen and oxygen atoms in total. The Hall–Kier alpha value is -1.18. The zero-order valence-corrected chi connectivity index (χ0v) is 22.0. The van der Waals surface area contributed by atoms with Crippen LogP contribution < -0.4 is 5.32 Å². The van der Waals surface area contributed by atoms with Crippen molar-refractivity contribution in [3.05, 3.63) is 0 Å². The van der Waals surface area contributed by atoms with E-state index in [0.29, 0.717) is 0 Å². The van der Waals surface area contributed by atoms with Crippen LogP contribution in [0.4, 0.5) is 0 Å². The number of aliphatic hydroxyl groups excluding tert-OH is 8. The standard InChI is InChI=1S/C20H35NO18S/c1-5-10(24)13(27)15(29)19(35-5)39-17-14(28)11(25)7(3-22)37-20(17)38-16-9(21-6(2)23)18(30)36-8(12(16)26)4-34-40(31,32)33/h5,7-20,22,24-30H,3-4H2,1-2H3,(H,21,23)(H,31,32,33)/t5-,7+,8+,9+,10+,11-,12+,13+,14-,15-,16+,17+,18+,19-,20-/m0/s1. The number of aliphatic hydroxyl groups is 8. The smallest absolute Gasteiger partial charge is 0.394 e. The van der Waals surface area contributed by atoms with Crippen LogP contribution in [0.5, 0.6) is 0 Å². The Kier molecular flexibility index (Phi) is 11.2. The van der Waals surface area contributed by atoms with Gasteiger partial charge in [-0.3, -0.25) is 9.35 Å². The second-order valence-corrected chi connectivity index (χ2v) is 10.7. The fourth-order valence-corrected chi connectivity index (χ4v) is 4.83. The lowest BCUT2D eigenvalue weighted by Crippen LogP contribution is -2.68. The van der Waals surface area contributed by atoms with E-state index in [0.717, 1.165) is 6.92 Å². The van der Waals surface area contributed by atoms with Gasteiger partial charge in [-0.05, 0) is 6.92 Å². The van der Waals surface area contributed by atoms with Crippen molar-refractivity contribution in [2.24, 2.45) is 0 Å². The number of nitrogens with one attached hydrogen (secondary N) is 1. The molecule has 3 rings (SSSR count). The molecule has 3 aliphatic heterocycles. The highest BCUT2D eigenvalue weighted by Gasteiger charge is 2.54. The summed E-state index contributed by atoms with van der Waals surface area (Å²) in [4.78, 5) is 11.8. The highest BCUT2D eigenvalue weighted by atomic mass is 32.3. The molecule has 15 atom stereocenters. The summed E-state index contributed by atoms with van der Waals surface area (Å²) in [6.07, 6.45) is -24.1. The molecular weight excluding hydrogens is 574 g/mol. The predicted molar refractivity (Wildman–Crippen MR) is 122 cm³/mol. The van der Waals surface area contributed by atoms with Gasteiger partial charge in [0.05, 0.1) is 19.3 Å². The lowest BCUT2D eigenvalue weighted by molar-refractivity contribution is -0.380. The SMILES string of the molecule is CC(=O)N[C@@H]1[C@@H](O[C@@H]2O[C@H](CO)[C@H](O)[C@H](O)[C@H]2O[C@@H]2O[C@@H](C)[C@@H](O)[C@@H](O)[C@@H]2O)[C@H](O)[C@@H](COS(=O)(=O)O)O[C@H]1O. The molecule has 20 heteroatoms. The Balaban J connectivity index is 1.91. The van der Waals surface area contributed by atoms with Crippen molar-refractivity contribution in [3.8, 4) is 0 Å². The number of hydrogen-bond donors (Lipinski definition) is 10. The Morgan fingerprint density at radius 2 is 1.43 bits per heavy atom. The number of ether oxygens (including phenoxy) is 5. The number of hydrogen-bond acceptors (Lipinski definition) is 17. The largest absolute Gasteiger partial charge is 0.397 e. The Labute approximate surface area is 227 Å². The van der Waals surface area contributed by atoms with Crippen LogP contribution in [-0.4, -0.2) is 165 Å². The van der Waals surface area contributed by atoms with Gasteiger partial charge in [0.1, 0.15) is 67.1 Å². The fourth-order valence-electron chi connectivity index (χ4n) is 4.52. The summed E-state index contributed by atoms with van der Waals surface area (Å²) in [5.74, 6) is -0.734. The lowest BCUT2D eigenvalue weighted by atomic mass is 9.95. The van der Waals surface area contributed by atoms with Crippen molar-refractivity contribution in [2.75, 3.05) is 13.2 Å². The molecule has 3 aliphatic rings. The molecule has 10 N–H and O–H groups in total. The van der Waals surface area contributed by atoms with Crippen LogP contribution >= 0.6 is 0 Å². The van der Waals surface area contributed by atoms with E-state index in [2.05, 4.69) is 9.50 Å². The normalized spacial score (nSPS) is 46.6. The Bertz CT molecular complexity index is 956. The molecule has 0 saturated carbocycles. The second-order valence-electron chi connectivity index (χ2n) is 9.58. The maximum atomic E-state index is 11.8. The summed E-state index contributed by atoms with van der Waals surface area (Å²) in [5.41, 5.74) is 0. The first-order valence-corrected chi connectivity index (χ1v) is 13.5. The third-order valence-electron chi connectivity index (χ3n) is 6.66. The van der Waals surface area contributed by atoms with Crippen molar-refractivity contribution in [3.63, 3.8) is 0 Å². The van der Waals surface area contributed by atoms with E-state index in [4.69, 9.17) is 28.2 Å². The maximum absolute atomic E-state index is 11.8. The van der Waals surface area contributed by atoms with E-state index < -0.39 is 122 Å². The Morgan fingerprint density at radius 3 is 2.00 bits per heavy atom. The molecule has 0 aliphatic carbocycles. The van der Waals surface area contributed by atoms with Gasteiger partial charge in [0, 0.05) is 6.92 Å². The van der Waals surface area contributed by atoms with Gasteiger partial charge in [0.25, 0.3) is 0 Å². The zero-order valence-electron chi connectivity index (χ0n) is 21.2. The highest BCUT2D eigenvalue weighted by molar-refractivity contribution is 7.80. The van der Waals surface area contributed by atoms with Gasteiger partial charge in [-0.1, -0.05) is 0 Å². The van der Waals surface area contributed by atoms with Crippen LogP contribution in [0.2, 0.25) is 0 Å². The van der Waals surface area contributed by atoms with Crippen LogP contribution in [0.25, 0.3) is 0 Å². The number of carbonyl (C=O) groups is 1. The molecule has 0 bridgehead atoms. The lowest BCUT2D eigenvalue weighted by Gasteiger charge is -2.48. The molecule has 40 heavy (non-hydrogen) atoms. The quantitative estimate of drug-likeness (QED) is 0.109. The summed E-state index contributed by atoms with van der Waals surface area (Å²) in [6.45, 7) is 0.530. The van der Waals surface area contributed by atoms with Gasteiger partial charge in [-0.25, -0.2) is 4.18 Å². The fraction of sp³-hybridized carbons (Fsp3) is 0.950. The first-order valence-electron chi connectivity index (χ1n) is 12.1. The minimum atomic E-state index is -5.00. The third kappa shape index (κ3) is 7.60. The second kappa shape index (κ2) is 13.4. The molecule has 3 saturated heterocycles. The minimum Gasteiger partial charge on any atom is -0.394 e. The van der Waals surface area contributed by atoms with Crippen molar-refractivity contribution < 1.29 is 86.5 Å². The van der Waals surface area contributed by atoms with Gasteiger partial charge in [-0.15, -0.1) is 0 Å². The zero-order chi connectivity index (χ0) is 30.1. The predicted octanol–water partition coefficient (Wildman–Crippen LogP) is -6.57. The molecule has 3 heterocycles. The average molecular weight is 610 g/mol. The van der Waals surface area contributed by atoms with Crippen LogP contribution in [0.3, 0.4) is 0 Å². The first kappa shape index (κ1) is 33.3. The molecular formula is C20H35NO18S. The summed E-state index contributed by atoms with van der Waals surface area (Å²) < 4.78 is 62.4. The van der Waals surface area contributed by atoms with Crippen LogP contribution in [0, 0.1) is 0 Å². The van der Waals surface area contributed by atoms with E-state index in [1.54, 1.807) is 0 Å². The molecule has 0 aromatic rings. The molecule has 234 valence electrons. The van der Waals surface area contributed by atoms with Gasteiger partial charge in [-0.2, -0.15) is 8.42 Å². The number of carbonyl (C=O) groups excluding carboxylic acids is 1. The van der Waals surface area contributed by atoms with Gasteiger partial charge >= 0.3 is 10.4 Å². The summed E-state index contributed by atoms with van der Waals surface area (Å²) >= 11 is 0. The van der Waals surface area contributed by atoms with Crippen LogP contribution in [0.15, 0.2) is 0 Å². The van der Waals surface area contributed by atoms with Crippen molar-refractivity contribution in [1.82, 2.24) is 5.32 Å². The minimum absolute atomic E-state index is 0.734. The average Bonchev–Trinajstić information content (AvgIpc) is 2.87. The van der Waals surface area contributed by atoms with E-state index in [-0.39, 0.29) is 0 Å². The monoisotopic (exact) mass is 609 g/mol. The third-order valence-corrected chi connectivity index (χ3v) is 7.09. The number of rotatable bonds is 9. The molecule has 1 amide bonds. The topological polar surface area (TPSA) is 301 Å². The molecule has 0 aromatic carbocycles. The molecule has 0 unspecified atom stereocenters. The van der Waals surface area contributed by atoms with Crippen molar-refractivity contribution in [1.29, 1.82) is 0 Å². The van der Waals surface area contributed by atoms with Gasteiger partial charge in [0.15, 0.2) is 18.9 Å². The van der Waals surface area contributed by atoms with E-state index in [1.165, 1.54) is 6.92 Å². The van der Waals surface area contributed by atoms with Crippen LogP contribution in [0.1, 0.15) is 13.8 Å².